The molecule has 0 unspecified atom stereocenters. The molecule has 2 saturated heterocycles. The summed E-state index contributed by atoms with van der Waals surface area (Å²) in [6.45, 7) is 2.62. The molecule has 0 aromatic heterocycles. The molecule has 0 spiro atoms. The standard InChI is InChI=1S/C12H21BF2N2O3/c1-13(19)16-5-3-9(4-6-16)17-8-12(14,15)7-10(17)11(18)20-2/h9-10,19H,3-8H2,1-2H3/t10-/m1/s1. The van der Waals surface area contributed by atoms with Crippen molar-refractivity contribution in [1.82, 2.24) is 9.71 Å². The number of halogens is 2. The van der Waals surface area contributed by atoms with Crippen LogP contribution in [0.2, 0.25) is 6.82 Å². The minimum absolute atomic E-state index is 0.0533. The molecule has 1 atom stereocenters. The molecule has 8 heteroatoms. The Morgan fingerprint density at radius 2 is 2.00 bits per heavy atom. The van der Waals surface area contributed by atoms with E-state index in [4.69, 9.17) is 0 Å². The fraction of sp³-hybridized carbons (Fsp3) is 0.917. The van der Waals surface area contributed by atoms with E-state index in [1.54, 1.807) is 11.7 Å². The van der Waals surface area contributed by atoms with Crippen LogP contribution in [-0.2, 0) is 9.53 Å². The van der Waals surface area contributed by atoms with Crippen LogP contribution in [0.25, 0.3) is 0 Å². The Morgan fingerprint density at radius 1 is 1.40 bits per heavy atom. The number of nitrogens with zero attached hydrogens (tertiary/aromatic N) is 2. The number of piperidine rings is 1. The van der Waals surface area contributed by atoms with E-state index in [9.17, 15) is 18.6 Å². The van der Waals surface area contributed by atoms with Gasteiger partial charge in [0.2, 0.25) is 0 Å². The van der Waals surface area contributed by atoms with Crippen LogP contribution < -0.4 is 0 Å². The van der Waals surface area contributed by atoms with Crippen LogP contribution >= 0.6 is 0 Å². The van der Waals surface area contributed by atoms with Crippen molar-refractivity contribution in [2.24, 2.45) is 0 Å². The summed E-state index contributed by atoms with van der Waals surface area (Å²) in [5.74, 6) is -3.42. The third-order valence-electron chi connectivity index (χ3n) is 4.28. The first-order valence-corrected chi connectivity index (χ1v) is 6.97. The number of carbonyl (C=O) groups excluding carboxylic acids is 1. The summed E-state index contributed by atoms with van der Waals surface area (Å²) in [6.07, 6.45) is 0.888. The summed E-state index contributed by atoms with van der Waals surface area (Å²) in [6, 6.07) is -0.902. The van der Waals surface area contributed by atoms with Gasteiger partial charge in [-0.05, 0) is 32.8 Å². The molecule has 0 aliphatic carbocycles. The Bertz CT molecular complexity index is 363. The first kappa shape index (κ1) is 15.7. The fourth-order valence-corrected chi connectivity index (χ4v) is 3.17. The number of hydrogen-bond donors (Lipinski definition) is 1. The van der Waals surface area contributed by atoms with Crippen molar-refractivity contribution in [3.8, 4) is 0 Å². The van der Waals surface area contributed by atoms with E-state index in [1.165, 1.54) is 7.11 Å². The molecule has 0 aromatic rings. The lowest BCUT2D eigenvalue weighted by Crippen LogP contribution is -2.51. The first-order valence-electron chi connectivity index (χ1n) is 6.97. The van der Waals surface area contributed by atoms with Crippen LogP contribution in [0.1, 0.15) is 19.3 Å². The minimum Gasteiger partial charge on any atom is -0.468 e. The van der Waals surface area contributed by atoms with E-state index in [0.717, 1.165) is 0 Å². The summed E-state index contributed by atoms with van der Waals surface area (Å²) in [5, 5.41) is 9.51. The molecule has 0 aromatic carbocycles. The number of esters is 1. The molecule has 2 rings (SSSR count). The molecule has 1 N–H and O–H groups in total. The van der Waals surface area contributed by atoms with Gasteiger partial charge in [-0.2, -0.15) is 0 Å². The molecule has 0 radical (unpaired) electrons. The van der Waals surface area contributed by atoms with Gasteiger partial charge in [0.25, 0.3) is 5.92 Å². The molecule has 0 saturated carbocycles. The fourth-order valence-electron chi connectivity index (χ4n) is 3.17. The van der Waals surface area contributed by atoms with Gasteiger partial charge >= 0.3 is 13.0 Å². The summed E-state index contributed by atoms with van der Waals surface area (Å²) in [5.41, 5.74) is 0. The zero-order chi connectivity index (χ0) is 14.9. The number of methoxy groups -OCH3 is 1. The van der Waals surface area contributed by atoms with Crippen LogP contribution in [0, 0.1) is 0 Å². The van der Waals surface area contributed by atoms with Crippen LogP contribution in [0.5, 0.6) is 0 Å². The third-order valence-corrected chi connectivity index (χ3v) is 4.28. The van der Waals surface area contributed by atoms with Gasteiger partial charge in [-0.1, -0.05) is 0 Å². The highest BCUT2D eigenvalue weighted by Crippen LogP contribution is 2.36. The molecule has 20 heavy (non-hydrogen) atoms. The van der Waals surface area contributed by atoms with Crippen molar-refractivity contribution in [2.75, 3.05) is 26.7 Å². The van der Waals surface area contributed by atoms with Gasteiger partial charge in [-0.25, -0.2) is 8.78 Å². The normalized spacial score (nSPS) is 28.6. The van der Waals surface area contributed by atoms with Gasteiger partial charge in [0.15, 0.2) is 0 Å². The van der Waals surface area contributed by atoms with E-state index in [0.29, 0.717) is 25.9 Å². The SMILES string of the molecule is COC(=O)[C@H]1CC(F)(F)CN1C1CCN(B(C)O)CC1. The largest absolute Gasteiger partial charge is 0.468 e. The molecule has 2 heterocycles. The highest BCUT2D eigenvalue weighted by molar-refractivity contribution is 6.45. The van der Waals surface area contributed by atoms with E-state index < -0.39 is 31.4 Å². The summed E-state index contributed by atoms with van der Waals surface area (Å²) < 4.78 is 31.8. The zero-order valence-corrected chi connectivity index (χ0v) is 11.9. The maximum absolute atomic E-state index is 13.6. The second kappa shape index (κ2) is 5.95. The molecular formula is C12H21BF2N2O3. The van der Waals surface area contributed by atoms with E-state index in [2.05, 4.69) is 4.74 Å². The molecule has 5 nitrogen and oxygen atoms in total. The predicted octanol–water partition coefficient (Wildman–Crippen LogP) is 0.444. The van der Waals surface area contributed by atoms with Crippen molar-refractivity contribution in [1.29, 1.82) is 0 Å². The lowest BCUT2D eigenvalue weighted by molar-refractivity contribution is -0.147. The van der Waals surface area contributed by atoms with Gasteiger partial charge in [-0.3, -0.25) is 9.69 Å². The Morgan fingerprint density at radius 3 is 2.50 bits per heavy atom. The van der Waals surface area contributed by atoms with Gasteiger partial charge in [0.1, 0.15) is 6.04 Å². The molecule has 0 bridgehead atoms. The van der Waals surface area contributed by atoms with Crippen molar-refractivity contribution < 1.29 is 23.3 Å². The topological polar surface area (TPSA) is 53.0 Å². The highest BCUT2D eigenvalue weighted by Gasteiger charge is 2.51. The summed E-state index contributed by atoms with van der Waals surface area (Å²) in [7, 11) is 0.708. The maximum atomic E-state index is 13.6. The smallest absolute Gasteiger partial charge is 0.376 e. The average Bonchev–Trinajstić information content (AvgIpc) is 2.74. The minimum atomic E-state index is -2.83. The molecule has 2 fully saturated rings. The second-order valence-electron chi connectivity index (χ2n) is 5.67. The van der Waals surface area contributed by atoms with Gasteiger partial charge in [-0.15, -0.1) is 0 Å². The molecule has 2 aliphatic heterocycles. The lowest BCUT2D eigenvalue weighted by Gasteiger charge is -2.38. The molecule has 2 aliphatic rings. The molecule has 114 valence electrons. The highest BCUT2D eigenvalue weighted by atomic mass is 19.3. The van der Waals surface area contributed by atoms with Gasteiger partial charge in [0, 0.05) is 12.5 Å². The number of alkyl halides is 2. The van der Waals surface area contributed by atoms with Gasteiger partial charge in [0.05, 0.1) is 13.7 Å². The van der Waals surface area contributed by atoms with Gasteiger partial charge < -0.3 is 14.6 Å². The number of likely N-dealkylation sites (tertiary alicyclic amines) is 1. The van der Waals surface area contributed by atoms with E-state index in [-0.39, 0.29) is 12.6 Å². The Labute approximate surface area is 118 Å². The predicted molar refractivity (Wildman–Crippen MR) is 70.5 cm³/mol. The summed E-state index contributed by atoms with van der Waals surface area (Å²) in [4.78, 5) is 15.2. The molecule has 0 amide bonds. The first-order chi connectivity index (χ1) is 9.34. The quantitative estimate of drug-likeness (QED) is 0.604. The summed E-state index contributed by atoms with van der Waals surface area (Å²) >= 11 is 0. The number of rotatable bonds is 3. The van der Waals surface area contributed by atoms with Crippen molar-refractivity contribution in [2.45, 2.75) is 44.1 Å². The van der Waals surface area contributed by atoms with Crippen LogP contribution in [0.3, 0.4) is 0 Å². The van der Waals surface area contributed by atoms with Crippen LogP contribution in [-0.4, -0.2) is 72.5 Å². The van der Waals surface area contributed by atoms with Crippen molar-refractivity contribution in [3.63, 3.8) is 0 Å². The Balaban J connectivity index is 2.01. The van der Waals surface area contributed by atoms with E-state index >= 15 is 0 Å². The number of carbonyl (C=O) groups is 1. The third kappa shape index (κ3) is 3.29. The number of hydrogen-bond acceptors (Lipinski definition) is 5. The van der Waals surface area contributed by atoms with Crippen LogP contribution in [0.15, 0.2) is 0 Å². The Kier molecular flexibility index (Phi) is 4.66. The second-order valence-corrected chi connectivity index (χ2v) is 5.67. The molecular weight excluding hydrogens is 269 g/mol. The van der Waals surface area contributed by atoms with Crippen molar-refractivity contribution in [3.05, 3.63) is 0 Å². The van der Waals surface area contributed by atoms with Crippen LogP contribution in [0.4, 0.5) is 8.78 Å². The number of ether oxygens (including phenoxy) is 1. The Hall–Kier alpha value is -0.725. The lowest BCUT2D eigenvalue weighted by atomic mass is 9.82. The maximum Gasteiger partial charge on any atom is 0.376 e. The van der Waals surface area contributed by atoms with Crippen molar-refractivity contribution >= 4 is 13.0 Å². The van der Waals surface area contributed by atoms with E-state index in [1.807, 2.05) is 4.81 Å². The average molecular weight is 290 g/mol. The zero-order valence-electron chi connectivity index (χ0n) is 11.9. The monoisotopic (exact) mass is 290 g/mol.